The standard InChI is InChI=1S/C20H26N2O3S/c1-16(2)12-15-25-17-8-10-18(11-9-17)26(23,24)22-14-5-7-20(22)19-6-3-4-13-21-19/h3-4,6,8-11,13,16,20H,5,7,12,14-15H2,1-2H3. The van der Waals surface area contributed by atoms with Crippen molar-refractivity contribution < 1.29 is 13.2 Å². The van der Waals surface area contributed by atoms with Gasteiger partial charge in [-0.2, -0.15) is 4.31 Å². The quantitative estimate of drug-likeness (QED) is 0.734. The molecule has 26 heavy (non-hydrogen) atoms. The molecule has 1 saturated heterocycles. The maximum atomic E-state index is 13.1. The smallest absolute Gasteiger partial charge is 0.243 e. The van der Waals surface area contributed by atoms with Crippen molar-refractivity contribution in [1.82, 2.24) is 9.29 Å². The fourth-order valence-electron chi connectivity index (χ4n) is 3.15. The summed E-state index contributed by atoms with van der Waals surface area (Å²) < 4.78 is 33.4. The van der Waals surface area contributed by atoms with E-state index in [9.17, 15) is 8.42 Å². The van der Waals surface area contributed by atoms with Crippen molar-refractivity contribution in [3.63, 3.8) is 0 Å². The zero-order chi connectivity index (χ0) is 18.6. The maximum Gasteiger partial charge on any atom is 0.243 e. The average Bonchev–Trinajstić information content (AvgIpc) is 3.13. The van der Waals surface area contributed by atoms with Gasteiger partial charge in [0.15, 0.2) is 0 Å². The Balaban J connectivity index is 1.75. The second kappa shape index (κ2) is 8.18. The maximum absolute atomic E-state index is 13.1. The van der Waals surface area contributed by atoms with Crippen LogP contribution in [0.3, 0.4) is 0 Å². The Morgan fingerprint density at radius 2 is 1.96 bits per heavy atom. The van der Waals surface area contributed by atoms with Gasteiger partial charge in [-0.15, -0.1) is 0 Å². The summed E-state index contributed by atoms with van der Waals surface area (Å²) in [7, 11) is -3.55. The average molecular weight is 375 g/mol. The minimum absolute atomic E-state index is 0.192. The molecule has 1 atom stereocenters. The van der Waals surface area contributed by atoms with E-state index in [-0.39, 0.29) is 6.04 Å². The first kappa shape index (κ1) is 18.9. The van der Waals surface area contributed by atoms with E-state index in [2.05, 4.69) is 18.8 Å². The summed E-state index contributed by atoms with van der Waals surface area (Å²) in [5.41, 5.74) is 0.808. The van der Waals surface area contributed by atoms with Gasteiger partial charge in [0.25, 0.3) is 0 Å². The zero-order valence-electron chi connectivity index (χ0n) is 15.3. The molecule has 0 radical (unpaired) electrons. The molecule has 1 aromatic carbocycles. The summed E-state index contributed by atoms with van der Waals surface area (Å²) in [5.74, 6) is 1.28. The number of hydrogen-bond donors (Lipinski definition) is 0. The van der Waals surface area contributed by atoms with Crippen LogP contribution in [0.2, 0.25) is 0 Å². The number of hydrogen-bond acceptors (Lipinski definition) is 4. The van der Waals surface area contributed by atoms with E-state index >= 15 is 0 Å². The van der Waals surface area contributed by atoms with E-state index in [4.69, 9.17) is 4.74 Å². The van der Waals surface area contributed by atoms with Gasteiger partial charge < -0.3 is 4.74 Å². The van der Waals surface area contributed by atoms with Crippen LogP contribution in [0, 0.1) is 5.92 Å². The van der Waals surface area contributed by atoms with Gasteiger partial charge >= 0.3 is 0 Å². The van der Waals surface area contributed by atoms with E-state index < -0.39 is 10.0 Å². The highest BCUT2D eigenvalue weighted by atomic mass is 32.2. The molecule has 2 heterocycles. The molecular formula is C20H26N2O3S. The number of aromatic nitrogens is 1. The van der Waals surface area contributed by atoms with Crippen molar-refractivity contribution in [2.75, 3.05) is 13.2 Å². The van der Waals surface area contributed by atoms with Gasteiger partial charge in [0.2, 0.25) is 10.0 Å². The van der Waals surface area contributed by atoms with E-state index in [1.807, 2.05) is 18.2 Å². The largest absolute Gasteiger partial charge is 0.494 e. The Kier molecular flexibility index (Phi) is 5.94. The fourth-order valence-corrected chi connectivity index (χ4v) is 4.82. The molecule has 1 aliphatic heterocycles. The SMILES string of the molecule is CC(C)CCOc1ccc(S(=O)(=O)N2CCCC2c2ccccn2)cc1. The van der Waals surface area contributed by atoms with E-state index in [0.29, 0.717) is 29.7 Å². The molecular weight excluding hydrogens is 348 g/mol. The summed E-state index contributed by atoms with van der Waals surface area (Å²) in [5, 5.41) is 0. The van der Waals surface area contributed by atoms with Gasteiger partial charge in [-0.05, 0) is 61.6 Å². The number of benzene rings is 1. The predicted octanol–water partition coefficient (Wildman–Crippen LogP) is 4.03. The molecule has 0 spiro atoms. The lowest BCUT2D eigenvalue weighted by molar-refractivity contribution is 0.289. The lowest BCUT2D eigenvalue weighted by Gasteiger charge is -2.23. The Hall–Kier alpha value is -1.92. The summed E-state index contributed by atoms with van der Waals surface area (Å²) in [6.07, 6.45) is 4.32. The van der Waals surface area contributed by atoms with E-state index in [1.165, 1.54) is 0 Å². The van der Waals surface area contributed by atoms with Crippen LogP contribution in [0.1, 0.15) is 44.8 Å². The van der Waals surface area contributed by atoms with Gasteiger partial charge in [0.1, 0.15) is 5.75 Å². The molecule has 1 unspecified atom stereocenters. The number of nitrogens with zero attached hydrogens (tertiary/aromatic N) is 2. The number of sulfonamides is 1. The lowest BCUT2D eigenvalue weighted by Crippen LogP contribution is -2.31. The van der Waals surface area contributed by atoms with Crippen LogP contribution >= 0.6 is 0 Å². The van der Waals surface area contributed by atoms with Gasteiger partial charge in [-0.1, -0.05) is 19.9 Å². The van der Waals surface area contributed by atoms with Crippen molar-refractivity contribution >= 4 is 10.0 Å². The molecule has 5 nitrogen and oxygen atoms in total. The molecule has 3 rings (SSSR count). The molecule has 0 aliphatic carbocycles. The predicted molar refractivity (Wildman–Crippen MR) is 101 cm³/mol. The molecule has 6 heteroatoms. The van der Waals surface area contributed by atoms with E-state index in [0.717, 1.165) is 25.0 Å². The Morgan fingerprint density at radius 1 is 1.19 bits per heavy atom. The molecule has 2 aromatic rings. The normalized spacial score (nSPS) is 18.3. The van der Waals surface area contributed by atoms with Crippen molar-refractivity contribution in [2.45, 2.75) is 44.0 Å². The third-order valence-electron chi connectivity index (χ3n) is 4.63. The Bertz CT molecular complexity index is 805. The minimum Gasteiger partial charge on any atom is -0.494 e. The molecule has 1 fully saturated rings. The van der Waals surface area contributed by atoms with Crippen LogP contribution in [0.25, 0.3) is 0 Å². The fraction of sp³-hybridized carbons (Fsp3) is 0.450. The highest BCUT2D eigenvalue weighted by molar-refractivity contribution is 7.89. The third-order valence-corrected chi connectivity index (χ3v) is 6.55. The second-order valence-electron chi connectivity index (χ2n) is 7.03. The molecule has 140 valence electrons. The third kappa shape index (κ3) is 4.24. The molecule has 0 amide bonds. The van der Waals surface area contributed by atoms with Crippen molar-refractivity contribution in [2.24, 2.45) is 5.92 Å². The van der Waals surface area contributed by atoms with Crippen molar-refractivity contribution in [3.05, 3.63) is 54.4 Å². The van der Waals surface area contributed by atoms with Crippen LogP contribution in [0.4, 0.5) is 0 Å². The minimum atomic E-state index is -3.55. The Labute approximate surface area is 156 Å². The van der Waals surface area contributed by atoms with Crippen molar-refractivity contribution in [3.8, 4) is 5.75 Å². The summed E-state index contributed by atoms with van der Waals surface area (Å²) >= 11 is 0. The summed E-state index contributed by atoms with van der Waals surface area (Å²) in [6, 6.07) is 12.2. The van der Waals surface area contributed by atoms with Crippen LogP contribution in [0.5, 0.6) is 5.75 Å². The zero-order valence-corrected chi connectivity index (χ0v) is 16.2. The van der Waals surface area contributed by atoms with Gasteiger partial charge in [0, 0.05) is 12.7 Å². The van der Waals surface area contributed by atoms with Crippen LogP contribution < -0.4 is 4.74 Å². The van der Waals surface area contributed by atoms with Crippen molar-refractivity contribution in [1.29, 1.82) is 0 Å². The molecule has 0 saturated carbocycles. The molecule has 0 N–H and O–H groups in total. The molecule has 1 aliphatic rings. The second-order valence-corrected chi connectivity index (χ2v) is 8.92. The highest BCUT2D eigenvalue weighted by Gasteiger charge is 2.36. The van der Waals surface area contributed by atoms with Gasteiger partial charge in [-0.3, -0.25) is 4.98 Å². The van der Waals surface area contributed by atoms with Crippen LogP contribution in [0.15, 0.2) is 53.6 Å². The number of ether oxygens (including phenoxy) is 1. The summed E-state index contributed by atoms with van der Waals surface area (Å²) in [6.45, 7) is 5.45. The number of rotatable bonds is 7. The first-order valence-corrected chi connectivity index (χ1v) is 10.6. The van der Waals surface area contributed by atoms with Crippen LogP contribution in [-0.4, -0.2) is 30.9 Å². The van der Waals surface area contributed by atoms with Gasteiger partial charge in [0.05, 0.1) is 23.2 Å². The first-order valence-electron chi connectivity index (χ1n) is 9.14. The first-order chi connectivity index (χ1) is 12.5. The number of pyridine rings is 1. The van der Waals surface area contributed by atoms with Gasteiger partial charge in [-0.25, -0.2) is 8.42 Å². The molecule has 1 aromatic heterocycles. The lowest BCUT2D eigenvalue weighted by atomic mass is 10.1. The summed E-state index contributed by atoms with van der Waals surface area (Å²) in [4.78, 5) is 4.66. The Morgan fingerprint density at radius 3 is 2.62 bits per heavy atom. The monoisotopic (exact) mass is 374 g/mol. The topological polar surface area (TPSA) is 59.5 Å². The van der Waals surface area contributed by atoms with Crippen LogP contribution in [-0.2, 0) is 10.0 Å². The highest BCUT2D eigenvalue weighted by Crippen LogP contribution is 2.35. The van der Waals surface area contributed by atoms with E-state index in [1.54, 1.807) is 34.8 Å². The molecule has 0 bridgehead atoms.